The molecule has 2 aromatic heterocycles. The van der Waals surface area contributed by atoms with Crippen molar-refractivity contribution in [1.29, 1.82) is 0 Å². The lowest BCUT2D eigenvalue weighted by Gasteiger charge is -2.22. The van der Waals surface area contributed by atoms with Crippen molar-refractivity contribution in [2.24, 2.45) is 7.05 Å². The molecule has 6 nitrogen and oxygen atoms in total. The van der Waals surface area contributed by atoms with Gasteiger partial charge in [0.05, 0.1) is 29.2 Å². The number of ether oxygens (including phenoxy) is 1. The minimum atomic E-state index is -4.54. The number of alkyl halides is 3. The number of benzene rings is 3. The molecule has 2 N–H and O–H groups in total. The van der Waals surface area contributed by atoms with Crippen molar-refractivity contribution in [2.75, 3.05) is 6.61 Å². The highest BCUT2D eigenvalue weighted by molar-refractivity contribution is 5.88. The van der Waals surface area contributed by atoms with Crippen molar-refractivity contribution in [3.8, 4) is 5.75 Å². The summed E-state index contributed by atoms with van der Waals surface area (Å²) < 4.78 is 46.8. The van der Waals surface area contributed by atoms with Gasteiger partial charge in [0.1, 0.15) is 5.75 Å². The Kier molecular flexibility index (Phi) is 6.68. The molecule has 1 unspecified atom stereocenters. The van der Waals surface area contributed by atoms with Crippen molar-refractivity contribution < 1.29 is 27.8 Å². The molecule has 39 heavy (non-hydrogen) atoms. The van der Waals surface area contributed by atoms with Crippen LogP contribution in [0, 0.1) is 0 Å². The Bertz CT molecular complexity index is 1750. The molecule has 0 radical (unpaired) electrons. The number of para-hydroxylation sites is 2. The van der Waals surface area contributed by atoms with E-state index < -0.39 is 29.2 Å². The molecular formula is C30H25F3N2O4. The fraction of sp³-hybridized carbons (Fsp3) is 0.200. The topological polar surface area (TPSA) is 84.3 Å². The van der Waals surface area contributed by atoms with Gasteiger partial charge in [-0.25, -0.2) is 0 Å². The molecular weight excluding hydrogens is 509 g/mol. The lowest BCUT2D eigenvalue weighted by Crippen LogP contribution is -2.25. The summed E-state index contributed by atoms with van der Waals surface area (Å²) in [6.45, 7) is 1.36. The van der Waals surface area contributed by atoms with Crippen molar-refractivity contribution in [2.45, 2.75) is 25.4 Å². The van der Waals surface area contributed by atoms with Crippen LogP contribution in [0.15, 0.2) is 77.6 Å². The minimum Gasteiger partial charge on any atom is -0.507 e. The Hall–Kier alpha value is -4.53. The molecule has 0 aliphatic rings. The summed E-state index contributed by atoms with van der Waals surface area (Å²) in [5.41, 5.74) is 1.59. The van der Waals surface area contributed by atoms with Gasteiger partial charge in [0, 0.05) is 42.4 Å². The summed E-state index contributed by atoms with van der Waals surface area (Å²) in [6, 6.07) is 18.8. The number of esters is 1. The van der Waals surface area contributed by atoms with Gasteiger partial charge in [-0.1, -0.05) is 42.5 Å². The molecule has 2 heterocycles. The second kappa shape index (κ2) is 9.98. The van der Waals surface area contributed by atoms with Gasteiger partial charge in [0.2, 0.25) is 0 Å². The van der Waals surface area contributed by atoms with Gasteiger partial charge < -0.3 is 19.4 Å². The van der Waals surface area contributed by atoms with Crippen LogP contribution in [0.4, 0.5) is 13.2 Å². The van der Waals surface area contributed by atoms with Gasteiger partial charge in [-0.2, -0.15) is 13.2 Å². The number of aromatic amines is 1. The molecule has 0 amide bonds. The molecule has 5 rings (SSSR count). The minimum absolute atomic E-state index is 0.0243. The number of carbonyl (C=O) groups is 1. The average molecular weight is 535 g/mol. The van der Waals surface area contributed by atoms with E-state index in [2.05, 4.69) is 4.98 Å². The van der Waals surface area contributed by atoms with E-state index in [4.69, 9.17) is 4.74 Å². The number of aryl methyl sites for hydroxylation is 1. The second-order valence-corrected chi connectivity index (χ2v) is 9.35. The van der Waals surface area contributed by atoms with Crippen molar-refractivity contribution in [1.82, 2.24) is 9.55 Å². The molecule has 9 heteroatoms. The second-order valence-electron chi connectivity index (χ2n) is 9.35. The van der Waals surface area contributed by atoms with E-state index in [1.165, 1.54) is 23.6 Å². The van der Waals surface area contributed by atoms with Crippen LogP contribution in [0.5, 0.6) is 5.75 Å². The third kappa shape index (κ3) is 4.76. The highest BCUT2D eigenvalue weighted by Gasteiger charge is 2.33. The SMILES string of the molecule is CC(=O)OCCc1c(C(c2ccc(C(F)(F)F)cc2)c2c(O)c3ccccc3n(C)c2=O)[nH]c2ccccc12. The zero-order valence-corrected chi connectivity index (χ0v) is 21.2. The fourth-order valence-electron chi connectivity index (χ4n) is 5.14. The molecule has 0 fully saturated rings. The predicted octanol–water partition coefficient (Wildman–Crippen LogP) is 6.03. The zero-order valence-electron chi connectivity index (χ0n) is 21.2. The number of halogens is 3. The van der Waals surface area contributed by atoms with Crippen molar-refractivity contribution in [3.05, 3.63) is 111 Å². The zero-order chi connectivity index (χ0) is 27.9. The normalized spacial score (nSPS) is 12.6. The summed E-state index contributed by atoms with van der Waals surface area (Å²) in [5.74, 6) is -1.64. The van der Waals surface area contributed by atoms with Crippen LogP contribution >= 0.6 is 0 Å². The van der Waals surface area contributed by atoms with E-state index in [1.54, 1.807) is 31.3 Å². The van der Waals surface area contributed by atoms with E-state index in [0.29, 0.717) is 22.2 Å². The predicted molar refractivity (Wildman–Crippen MR) is 142 cm³/mol. The summed E-state index contributed by atoms with van der Waals surface area (Å²) in [7, 11) is 1.59. The molecule has 0 aliphatic heterocycles. The number of hydrogen-bond donors (Lipinski definition) is 2. The first-order valence-corrected chi connectivity index (χ1v) is 12.3. The maximum atomic E-state index is 13.8. The Morgan fingerprint density at radius 2 is 1.64 bits per heavy atom. The van der Waals surface area contributed by atoms with Crippen LogP contribution in [0.3, 0.4) is 0 Å². The Balaban J connectivity index is 1.81. The highest BCUT2D eigenvalue weighted by Crippen LogP contribution is 2.41. The first-order chi connectivity index (χ1) is 18.6. The van der Waals surface area contributed by atoms with Crippen LogP contribution in [0.25, 0.3) is 21.8 Å². The van der Waals surface area contributed by atoms with Crippen LogP contribution in [-0.2, 0) is 29.2 Å². The van der Waals surface area contributed by atoms with Gasteiger partial charge in [-0.05, 0) is 41.5 Å². The van der Waals surface area contributed by atoms with Gasteiger partial charge in [-0.15, -0.1) is 0 Å². The number of fused-ring (bicyclic) bond motifs is 2. The standard InChI is InChI=1S/C30H25F3N2O4/c1-17(36)39-16-15-21-20-7-3-5-9-23(20)34-27(21)25(18-11-13-19(14-12-18)30(31,32)33)26-28(37)22-8-4-6-10-24(22)35(2)29(26)38/h3-14,25,34,37H,15-16H2,1-2H3. The lowest BCUT2D eigenvalue weighted by molar-refractivity contribution is -0.141. The van der Waals surface area contributed by atoms with Gasteiger partial charge in [-0.3, -0.25) is 9.59 Å². The molecule has 0 saturated carbocycles. The summed E-state index contributed by atoms with van der Waals surface area (Å²) >= 11 is 0. The third-order valence-corrected chi connectivity index (χ3v) is 6.96. The van der Waals surface area contributed by atoms with Crippen molar-refractivity contribution in [3.63, 3.8) is 0 Å². The largest absolute Gasteiger partial charge is 0.507 e. The number of H-pyrrole nitrogens is 1. The molecule has 200 valence electrons. The van der Waals surface area contributed by atoms with E-state index in [0.717, 1.165) is 28.6 Å². The molecule has 3 aromatic carbocycles. The van der Waals surface area contributed by atoms with Crippen molar-refractivity contribution >= 4 is 27.8 Å². The van der Waals surface area contributed by atoms with E-state index in [1.807, 2.05) is 24.3 Å². The summed E-state index contributed by atoms with van der Waals surface area (Å²) in [6.07, 6.45) is -4.25. The molecule has 0 aliphatic carbocycles. The smallest absolute Gasteiger partial charge is 0.416 e. The fourth-order valence-corrected chi connectivity index (χ4v) is 5.14. The summed E-state index contributed by atoms with van der Waals surface area (Å²) in [5, 5.41) is 12.7. The van der Waals surface area contributed by atoms with Crippen LogP contribution in [-0.4, -0.2) is 27.2 Å². The monoisotopic (exact) mass is 534 g/mol. The molecule has 0 bridgehead atoms. The van der Waals surface area contributed by atoms with Gasteiger partial charge in [0.25, 0.3) is 5.56 Å². The number of rotatable bonds is 6. The van der Waals surface area contributed by atoms with Gasteiger partial charge in [0.15, 0.2) is 0 Å². The quantitative estimate of drug-likeness (QED) is 0.261. The number of nitrogens with one attached hydrogen (secondary N) is 1. The third-order valence-electron chi connectivity index (χ3n) is 6.96. The van der Waals surface area contributed by atoms with Crippen LogP contribution < -0.4 is 5.56 Å². The molecule has 1 atom stereocenters. The van der Waals surface area contributed by atoms with Crippen LogP contribution in [0.1, 0.15) is 40.8 Å². The summed E-state index contributed by atoms with van der Waals surface area (Å²) in [4.78, 5) is 28.6. The van der Waals surface area contributed by atoms with E-state index in [-0.39, 0.29) is 24.3 Å². The average Bonchev–Trinajstić information content (AvgIpc) is 3.27. The molecule has 0 spiro atoms. The van der Waals surface area contributed by atoms with Gasteiger partial charge >= 0.3 is 12.1 Å². The van der Waals surface area contributed by atoms with E-state index in [9.17, 15) is 27.9 Å². The Labute approximate surface area is 221 Å². The first kappa shape index (κ1) is 26.1. The number of hydrogen-bond acceptors (Lipinski definition) is 4. The molecule has 0 saturated heterocycles. The number of aromatic hydroxyl groups is 1. The maximum Gasteiger partial charge on any atom is 0.416 e. The maximum absolute atomic E-state index is 13.8. The number of pyridine rings is 1. The molecule has 5 aromatic rings. The Morgan fingerprint density at radius 1 is 1.00 bits per heavy atom. The van der Waals surface area contributed by atoms with E-state index >= 15 is 0 Å². The Morgan fingerprint density at radius 3 is 2.31 bits per heavy atom. The highest BCUT2D eigenvalue weighted by atomic mass is 19.4. The number of nitrogens with zero attached hydrogens (tertiary/aromatic N) is 1. The lowest BCUT2D eigenvalue weighted by atomic mass is 9.84. The number of carbonyl (C=O) groups excluding carboxylic acids is 1. The van der Waals surface area contributed by atoms with Crippen LogP contribution in [0.2, 0.25) is 0 Å². The number of aromatic nitrogens is 2. The first-order valence-electron chi connectivity index (χ1n) is 12.3.